The molecule has 9 heteroatoms. The van der Waals surface area contributed by atoms with Gasteiger partial charge in [0.15, 0.2) is 0 Å². The smallest absolute Gasteiger partial charge is 0.255 e. The number of nitrogen functional groups attached to an aromatic ring is 1. The van der Waals surface area contributed by atoms with Crippen LogP contribution in [-0.4, -0.2) is 49.5 Å². The van der Waals surface area contributed by atoms with Crippen molar-refractivity contribution in [1.29, 1.82) is 0 Å². The number of hydrogen-bond donors (Lipinski definition) is 2. The lowest BCUT2D eigenvalue weighted by Gasteiger charge is -2.47. The topological polar surface area (TPSA) is 96.6 Å². The molecular formula is C21H25ClFN3O4. The Morgan fingerprint density at radius 1 is 1.40 bits per heavy atom. The summed E-state index contributed by atoms with van der Waals surface area (Å²) < 4.78 is 23.8. The molecule has 1 aliphatic heterocycles. The van der Waals surface area contributed by atoms with Crippen molar-refractivity contribution in [2.45, 2.75) is 19.6 Å². The molecule has 0 bridgehead atoms. The lowest BCUT2D eigenvalue weighted by molar-refractivity contribution is -0.905. The number of quaternary nitrogens is 1. The van der Waals surface area contributed by atoms with Gasteiger partial charge in [-0.1, -0.05) is 23.7 Å². The van der Waals surface area contributed by atoms with Gasteiger partial charge in [-0.15, -0.1) is 0 Å². The van der Waals surface area contributed by atoms with Crippen LogP contribution in [0.4, 0.5) is 10.1 Å². The second-order valence-electron chi connectivity index (χ2n) is 7.25. The van der Waals surface area contributed by atoms with Gasteiger partial charge in [-0.3, -0.25) is 4.79 Å². The van der Waals surface area contributed by atoms with Crippen LogP contribution in [0.3, 0.4) is 0 Å². The number of benzene rings is 2. The molecule has 1 heterocycles. The number of rotatable bonds is 7. The molecule has 0 aliphatic carbocycles. The Balaban J connectivity index is 1.62. The standard InChI is InChI=1S/C21H25ClFN3O4/c1-2-29-20-10-19(24)18(22)9-17(20)21(27)25-11-16-13-26(28,7-8-30-16)12-14-3-5-15(23)6-4-14/h3-6,9-10,16H,2,7-8,11-13,24H2,1H3,(H,25,27)/t16-,26?/m1/s1. The summed E-state index contributed by atoms with van der Waals surface area (Å²) in [5, 5.41) is 16.2. The van der Waals surface area contributed by atoms with Gasteiger partial charge < -0.3 is 30.4 Å². The van der Waals surface area contributed by atoms with Crippen LogP contribution in [0.2, 0.25) is 5.02 Å². The zero-order chi connectivity index (χ0) is 21.7. The molecule has 1 amide bonds. The highest BCUT2D eigenvalue weighted by atomic mass is 35.5. The quantitative estimate of drug-likeness (QED) is 0.394. The van der Waals surface area contributed by atoms with Crippen LogP contribution < -0.4 is 15.8 Å². The van der Waals surface area contributed by atoms with Gasteiger partial charge in [0.1, 0.15) is 37.3 Å². The number of halogens is 2. The maximum atomic E-state index is 13.1. The molecule has 1 aliphatic rings. The summed E-state index contributed by atoms with van der Waals surface area (Å²) in [6, 6.07) is 8.88. The average Bonchev–Trinajstić information content (AvgIpc) is 2.70. The lowest BCUT2D eigenvalue weighted by Crippen LogP contribution is -2.56. The third-order valence-corrected chi connectivity index (χ3v) is 5.23. The number of hydrogen-bond acceptors (Lipinski definition) is 5. The van der Waals surface area contributed by atoms with E-state index in [1.54, 1.807) is 19.1 Å². The predicted octanol–water partition coefficient (Wildman–Crippen LogP) is 3.10. The van der Waals surface area contributed by atoms with Gasteiger partial charge in [-0.2, -0.15) is 0 Å². The zero-order valence-corrected chi connectivity index (χ0v) is 17.5. The van der Waals surface area contributed by atoms with Gasteiger partial charge in [0.25, 0.3) is 5.91 Å². The molecule has 0 spiro atoms. The van der Waals surface area contributed by atoms with E-state index in [0.29, 0.717) is 24.6 Å². The van der Waals surface area contributed by atoms with Crippen LogP contribution in [0.1, 0.15) is 22.8 Å². The SMILES string of the molecule is CCOc1cc(N)c(Cl)cc1C(=O)NC[C@@H]1C[N+]([O-])(Cc2ccc(F)cc2)CCO1. The summed E-state index contributed by atoms with van der Waals surface area (Å²) in [5.74, 6) is -0.392. The molecule has 0 radical (unpaired) electrons. The maximum absolute atomic E-state index is 13.1. The molecular weight excluding hydrogens is 413 g/mol. The minimum atomic E-state index is -0.496. The molecule has 0 saturated carbocycles. The number of hydroxylamine groups is 3. The number of nitrogens with two attached hydrogens (primary N) is 1. The fraction of sp³-hybridized carbons (Fsp3) is 0.381. The second kappa shape index (κ2) is 9.61. The van der Waals surface area contributed by atoms with Crippen molar-refractivity contribution in [2.75, 3.05) is 38.6 Å². The van der Waals surface area contributed by atoms with Crippen molar-refractivity contribution in [3.8, 4) is 5.75 Å². The monoisotopic (exact) mass is 437 g/mol. The van der Waals surface area contributed by atoms with Gasteiger partial charge in [-0.05, 0) is 25.1 Å². The molecule has 0 aromatic heterocycles. The minimum absolute atomic E-state index is 0.165. The normalized spacial score (nSPS) is 21.3. The zero-order valence-electron chi connectivity index (χ0n) is 16.7. The molecule has 2 aromatic carbocycles. The number of ether oxygens (including phenoxy) is 2. The highest BCUT2D eigenvalue weighted by Crippen LogP contribution is 2.29. The Bertz CT molecular complexity index is 897. The van der Waals surface area contributed by atoms with Gasteiger partial charge in [-0.25, -0.2) is 4.39 Å². The largest absolute Gasteiger partial charge is 0.632 e. The van der Waals surface area contributed by atoms with Gasteiger partial charge in [0, 0.05) is 18.2 Å². The second-order valence-corrected chi connectivity index (χ2v) is 7.66. The molecule has 1 unspecified atom stereocenters. The summed E-state index contributed by atoms with van der Waals surface area (Å²) in [6.45, 7) is 3.31. The Kier molecular flexibility index (Phi) is 7.14. The van der Waals surface area contributed by atoms with E-state index in [4.69, 9.17) is 26.8 Å². The number of amides is 1. The Hall–Kier alpha value is -2.39. The summed E-state index contributed by atoms with van der Waals surface area (Å²) >= 11 is 6.05. The first-order valence-electron chi connectivity index (χ1n) is 9.73. The van der Waals surface area contributed by atoms with E-state index in [-0.39, 0.29) is 42.6 Å². The number of nitrogens with zero attached hydrogens (tertiary/aromatic N) is 1. The van der Waals surface area contributed by atoms with E-state index in [1.807, 2.05) is 0 Å². The first-order chi connectivity index (χ1) is 14.3. The molecule has 3 N–H and O–H groups in total. The van der Waals surface area contributed by atoms with Crippen LogP contribution in [-0.2, 0) is 11.3 Å². The van der Waals surface area contributed by atoms with E-state index >= 15 is 0 Å². The average molecular weight is 438 g/mol. The van der Waals surface area contributed by atoms with Crippen LogP contribution in [0.15, 0.2) is 36.4 Å². The number of morpholine rings is 1. The van der Waals surface area contributed by atoms with Crippen LogP contribution in [0, 0.1) is 11.0 Å². The van der Waals surface area contributed by atoms with Crippen molar-refractivity contribution in [2.24, 2.45) is 0 Å². The molecule has 162 valence electrons. The summed E-state index contributed by atoms with van der Waals surface area (Å²) in [7, 11) is 0. The van der Waals surface area contributed by atoms with Gasteiger partial charge in [0.2, 0.25) is 0 Å². The van der Waals surface area contributed by atoms with Crippen molar-refractivity contribution in [3.63, 3.8) is 0 Å². The third-order valence-electron chi connectivity index (χ3n) is 4.91. The summed E-state index contributed by atoms with van der Waals surface area (Å²) in [6.07, 6.45) is -0.444. The summed E-state index contributed by atoms with van der Waals surface area (Å²) in [5.41, 5.74) is 7.13. The van der Waals surface area contributed by atoms with Crippen LogP contribution in [0.5, 0.6) is 5.75 Å². The Labute approximate surface area is 179 Å². The number of carbonyl (C=O) groups is 1. The first kappa shape index (κ1) is 22.3. The van der Waals surface area contributed by atoms with Crippen LogP contribution >= 0.6 is 11.6 Å². The van der Waals surface area contributed by atoms with Crippen molar-refractivity contribution in [3.05, 3.63) is 63.6 Å². The molecule has 2 atom stereocenters. The number of nitrogens with one attached hydrogen (secondary N) is 1. The molecule has 1 fully saturated rings. The predicted molar refractivity (Wildman–Crippen MR) is 113 cm³/mol. The summed E-state index contributed by atoms with van der Waals surface area (Å²) in [4.78, 5) is 12.7. The maximum Gasteiger partial charge on any atom is 0.255 e. The number of carbonyl (C=O) groups excluding carboxylic acids is 1. The molecule has 3 rings (SSSR count). The van der Waals surface area contributed by atoms with E-state index in [0.717, 1.165) is 5.56 Å². The first-order valence-corrected chi connectivity index (χ1v) is 10.1. The minimum Gasteiger partial charge on any atom is -0.632 e. The Morgan fingerprint density at radius 2 is 2.13 bits per heavy atom. The molecule has 7 nitrogen and oxygen atoms in total. The fourth-order valence-electron chi connectivity index (χ4n) is 3.41. The number of anilines is 1. The van der Waals surface area contributed by atoms with Gasteiger partial charge in [0.05, 0.1) is 29.5 Å². The van der Waals surface area contributed by atoms with E-state index in [9.17, 15) is 14.4 Å². The van der Waals surface area contributed by atoms with E-state index < -0.39 is 16.7 Å². The molecule has 1 saturated heterocycles. The van der Waals surface area contributed by atoms with E-state index in [2.05, 4.69) is 5.32 Å². The van der Waals surface area contributed by atoms with Gasteiger partial charge >= 0.3 is 0 Å². The third kappa shape index (κ3) is 5.60. The molecule has 2 aromatic rings. The highest BCUT2D eigenvalue weighted by molar-refractivity contribution is 6.33. The Morgan fingerprint density at radius 3 is 2.83 bits per heavy atom. The fourth-order valence-corrected chi connectivity index (χ4v) is 3.58. The van der Waals surface area contributed by atoms with Crippen molar-refractivity contribution in [1.82, 2.24) is 5.32 Å². The molecule has 30 heavy (non-hydrogen) atoms. The lowest BCUT2D eigenvalue weighted by atomic mass is 10.1. The van der Waals surface area contributed by atoms with E-state index in [1.165, 1.54) is 24.3 Å². The van der Waals surface area contributed by atoms with Crippen molar-refractivity contribution >= 4 is 23.2 Å². The van der Waals surface area contributed by atoms with Crippen LogP contribution in [0.25, 0.3) is 0 Å². The highest BCUT2D eigenvalue weighted by Gasteiger charge is 2.30. The van der Waals surface area contributed by atoms with Crippen molar-refractivity contribution < 1.29 is 23.3 Å².